The van der Waals surface area contributed by atoms with E-state index in [1.807, 2.05) is 0 Å². The lowest BCUT2D eigenvalue weighted by Gasteiger charge is -2.27. The van der Waals surface area contributed by atoms with Gasteiger partial charge in [0.2, 0.25) is 0 Å². The number of para-hydroxylation sites is 1. The van der Waals surface area contributed by atoms with E-state index in [4.69, 9.17) is 0 Å². The van der Waals surface area contributed by atoms with Gasteiger partial charge in [0.25, 0.3) is 0 Å². The lowest BCUT2D eigenvalue weighted by molar-refractivity contribution is 0.663. The van der Waals surface area contributed by atoms with Gasteiger partial charge in [0.15, 0.2) is 0 Å². The second-order valence-corrected chi connectivity index (χ2v) is 15.3. The first kappa shape index (κ1) is 30.9. The fraction of sp³-hybridized carbons (Fsp3) is 0.0566. The van der Waals surface area contributed by atoms with Crippen LogP contribution in [0.25, 0.3) is 76.1 Å². The molecule has 0 N–H and O–H groups in total. The first-order valence-electron chi connectivity index (χ1n) is 18.9. The van der Waals surface area contributed by atoms with E-state index < -0.39 is 0 Å². The largest absolute Gasteiger partial charge is 0.310 e. The van der Waals surface area contributed by atoms with E-state index in [1.54, 1.807) is 0 Å². The van der Waals surface area contributed by atoms with Crippen LogP contribution in [0.4, 0.5) is 17.1 Å². The average Bonchev–Trinajstić information content (AvgIpc) is 3.47. The fourth-order valence-electron chi connectivity index (χ4n) is 9.41. The molecule has 1 aliphatic rings. The molecule has 0 heterocycles. The Bertz CT molecular complexity index is 3100. The summed E-state index contributed by atoms with van der Waals surface area (Å²) < 4.78 is 0. The van der Waals surface area contributed by atoms with Crippen molar-refractivity contribution in [3.8, 4) is 22.3 Å². The molecule has 0 unspecified atom stereocenters. The summed E-state index contributed by atoms with van der Waals surface area (Å²) in [6, 6.07) is 69.5. The van der Waals surface area contributed by atoms with Crippen molar-refractivity contribution in [3.63, 3.8) is 0 Å². The summed E-state index contributed by atoms with van der Waals surface area (Å²) in [5.41, 5.74) is 11.1. The predicted molar refractivity (Wildman–Crippen MR) is 232 cm³/mol. The summed E-state index contributed by atoms with van der Waals surface area (Å²) in [4.78, 5) is 2.39. The van der Waals surface area contributed by atoms with Crippen molar-refractivity contribution in [2.24, 2.45) is 0 Å². The lowest BCUT2D eigenvalue weighted by atomic mass is 9.81. The Hall–Kier alpha value is -6.70. The van der Waals surface area contributed by atoms with E-state index in [1.165, 1.54) is 87.2 Å². The van der Waals surface area contributed by atoms with E-state index in [0.717, 1.165) is 17.1 Å². The molecular weight excluding hydrogens is 651 g/mol. The van der Waals surface area contributed by atoms with Crippen molar-refractivity contribution in [2.45, 2.75) is 19.3 Å². The minimum absolute atomic E-state index is 0.0249. The molecule has 0 spiro atoms. The second-order valence-electron chi connectivity index (χ2n) is 15.3. The van der Waals surface area contributed by atoms with Crippen molar-refractivity contribution in [2.75, 3.05) is 4.90 Å². The summed E-state index contributed by atoms with van der Waals surface area (Å²) in [5.74, 6) is 0. The van der Waals surface area contributed by atoms with Crippen molar-refractivity contribution >= 4 is 70.9 Å². The minimum Gasteiger partial charge on any atom is -0.310 e. The zero-order valence-electron chi connectivity index (χ0n) is 30.3. The standard InChI is InChI=1S/C53H37N/c1-53(2)49-24-12-13-34-25-28-47-41(29-30-50(53)52(47)51(34)49)37-15-11-19-40(32-37)54(38-16-4-3-5-17-38)39-18-10-14-35(31-39)36-26-27-46-44-22-7-6-20-42(44)43-21-8-9-23-45(43)48(46)33-36/h3-33H,1-2H3. The topological polar surface area (TPSA) is 3.24 Å². The second kappa shape index (κ2) is 11.7. The molecule has 0 saturated carbocycles. The smallest absolute Gasteiger partial charge is 0.0467 e. The summed E-state index contributed by atoms with van der Waals surface area (Å²) in [6.45, 7) is 4.73. The minimum atomic E-state index is -0.0249. The molecule has 0 amide bonds. The monoisotopic (exact) mass is 687 g/mol. The maximum absolute atomic E-state index is 2.39. The molecule has 0 bridgehead atoms. The van der Waals surface area contributed by atoms with Gasteiger partial charge >= 0.3 is 0 Å². The van der Waals surface area contributed by atoms with Gasteiger partial charge < -0.3 is 4.90 Å². The van der Waals surface area contributed by atoms with Crippen LogP contribution in [0.15, 0.2) is 188 Å². The van der Waals surface area contributed by atoms with Gasteiger partial charge in [-0.25, -0.2) is 0 Å². The van der Waals surface area contributed by atoms with Crippen molar-refractivity contribution in [1.29, 1.82) is 0 Å². The molecule has 1 aliphatic carbocycles. The molecule has 54 heavy (non-hydrogen) atoms. The fourth-order valence-corrected chi connectivity index (χ4v) is 9.41. The molecule has 1 nitrogen and oxygen atoms in total. The van der Waals surface area contributed by atoms with Crippen LogP contribution in [0.5, 0.6) is 0 Å². The van der Waals surface area contributed by atoms with Gasteiger partial charge in [-0.3, -0.25) is 0 Å². The van der Waals surface area contributed by atoms with Crippen LogP contribution in [0.2, 0.25) is 0 Å². The number of rotatable bonds is 5. The van der Waals surface area contributed by atoms with Crippen LogP contribution >= 0.6 is 0 Å². The zero-order chi connectivity index (χ0) is 36.0. The Balaban J connectivity index is 1.06. The summed E-state index contributed by atoms with van der Waals surface area (Å²) in [5, 5.41) is 13.2. The Morgan fingerprint density at radius 3 is 1.59 bits per heavy atom. The highest BCUT2D eigenvalue weighted by molar-refractivity contribution is 6.26. The van der Waals surface area contributed by atoms with Crippen molar-refractivity contribution in [3.05, 3.63) is 199 Å². The van der Waals surface area contributed by atoms with E-state index in [9.17, 15) is 0 Å². The molecule has 0 saturated heterocycles. The highest BCUT2D eigenvalue weighted by atomic mass is 15.1. The molecular formula is C53H37N. The first-order chi connectivity index (χ1) is 26.5. The quantitative estimate of drug-likeness (QED) is 0.163. The maximum atomic E-state index is 2.39. The molecule has 1 heteroatoms. The molecule has 254 valence electrons. The van der Waals surface area contributed by atoms with Crippen LogP contribution in [0.3, 0.4) is 0 Å². The number of anilines is 3. The van der Waals surface area contributed by atoms with Crippen LogP contribution in [0.1, 0.15) is 25.0 Å². The number of fused-ring (bicyclic) bond motifs is 6. The normalized spacial score (nSPS) is 13.1. The van der Waals surface area contributed by atoms with Crippen LogP contribution in [-0.2, 0) is 5.41 Å². The van der Waals surface area contributed by atoms with Gasteiger partial charge in [-0.1, -0.05) is 159 Å². The van der Waals surface area contributed by atoms with E-state index in [-0.39, 0.29) is 5.41 Å². The predicted octanol–water partition coefficient (Wildman–Crippen LogP) is 14.9. The Labute approximate surface area is 315 Å². The third-order valence-corrected chi connectivity index (χ3v) is 12.0. The van der Waals surface area contributed by atoms with Crippen molar-refractivity contribution in [1.82, 2.24) is 0 Å². The van der Waals surface area contributed by atoms with Crippen LogP contribution in [0, 0.1) is 0 Å². The third kappa shape index (κ3) is 4.52. The average molecular weight is 688 g/mol. The van der Waals surface area contributed by atoms with Crippen molar-refractivity contribution < 1.29 is 0 Å². The SMILES string of the molecule is CC1(C)c2cccc3ccc4c(-c5cccc(N(c6ccccc6)c6cccc(-c7ccc8c9ccccc9c9ccccc9c8c7)c6)c5)ccc1c4c23. The van der Waals surface area contributed by atoms with Gasteiger partial charge in [-0.15, -0.1) is 0 Å². The lowest BCUT2D eigenvalue weighted by Crippen LogP contribution is -2.15. The maximum Gasteiger partial charge on any atom is 0.0467 e. The molecule has 10 aromatic carbocycles. The summed E-state index contributed by atoms with van der Waals surface area (Å²) in [7, 11) is 0. The number of hydrogen-bond acceptors (Lipinski definition) is 1. The number of hydrogen-bond donors (Lipinski definition) is 0. The van der Waals surface area contributed by atoms with Crippen LogP contribution < -0.4 is 4.90 Å². The summed E-state index contributed by atoms with van der Waals surface area (Å²) >= 11 is 0. The highest BCUT2D eigenvalue weighted by Gasteiger charge is 2.34. The zero-order valence-corrected chi connectivity index (χ0v) is 30.3. The van der Waals surface area contributed by atoms with E-state index in [2.05, 4.69) is 207 Å². The van der Waals surface area contributed by atoms with Gasteiger partial charge in [-0.05, 0) is 130 Å². The highest BCUT2D eigenvalue weighted by Crippen LogP contribution is 2.51. The van der Waals surface area contributed by atoms with Gasteiger partial charge in [0.1, 0.15) is 0 Å². The Morgan fingerprint density at radius 2 is 0.870 bits per heavy atom. The molecule has 0 aromatic heterocycles. The van der Waals surface area contributed by atoms with Gasteiger partial charge in [0, 0.05) is 22.5 Å². The third-order valence-electron chi connectivity index (χ3n) is 12.0. The first-order valence-corrected chi connectivity index (χ1v) is 18.9. The van der Waals surface area contributed by atoms with Crippen LogP contribution in [-0.4, -0.2) is 0 Å². The molecule has 10 aromatic rings. The molecule has 0 aliphatic heterocycles. The molecule has 11 rings (SSSR count). The Kier molecular flexibility index (Phi) is 6.66. The number of benzene rings is 10. The molecule has 0 fully saturated rings. The van der Waals surface area contributed by atoms with Gasteiger partial charge in [0.05, 0.1) is 0 Å². The van der Waals surface area contributed by atoms with E-state index in [0.29, 0.717) is 0 Å². The van der Waals surface area contributed by atoms with E-state index >= 15 is 0 Å². The summed E-state index contributed by atoms with van der Waals surface area (Å²) in [6.07, 6.45) is 0. The molecule has 0 radical (unpaired) electrons. The number of nitrogens with zero attached hydrogens (tertiary/aromatic N) is 1. The Morgan fingerprint density at radius 1 is 0.333 bits per heavy atom. The van der Waals surface area contributed by atoms with Gasteiger partial charge in [-0.2, -0.15) is 0 Å². The molecule has 0 atom stereocenters.